The van der Waals surface area contributed by atoms with E-state index in [2.05, 4.69) is 17.2 Å². The highest BCUT2D eigenvalue weighted by Gasteiger charge is 2.28. The third kappa shape index (κ3) is 4.78. The molecular weight excluding hydrogens is 276 g/mol. The molecule has 2 heterocycles. The highest BCUT2D eigenvalue weighted by atomic mass is 16.2. The number of nitrogens with two attached hydrogens (primary N) is 1. The van der Waals surface area contributed by atoms with Crippen molar-refractivity contribution in [1.82, 2.24) is 15.2 Å². The first-order valence-electron chi connectivity index (χ1n) is 8.39. The van der Waals surface area contributed by atoms with E-state index in [0.29, 0.717) is 6.54 Å². The number of nitrogens with zero attached hydrogens (tertiary/aromatic N) is 2. The van der Waals surface area contributed by atoms with Crippen LogP contribution < -0.4 is 11.1 Å². The van der Waals surface area contributed by atoms with Gasteiger partial charge < -0.3 is 16.0 Å². The maximum Gasteiger partial charge on any atom is 0.240 e. The topological polar surface area (TPSA) is 71.2 Å². The van der Waals surface area contributed by atoms with Crippen molar-refractivity contribution >= 4 is 5.91 Å². The Morgan fingerprint density at radius 3 is 3.05 bits per heavy atom. The number of aromatic nitrogens is 1. The summed E-state index contributed by atoms with van der Waals surface area (Å²) in [7, 11) is 0. The second-order valence-electron chi connectivity index (χ2n) is 6.02. The highest BCUT2D eigenvalue weighted by Crippen LogP contribution is 2.18. The Bertz CT molecular complexity index is 443. The monoisotopic (exact) mass is 304 g/mol. The molecule has 0 aliphatic carbocycles. The fourth-order valence-corrected chi connectivity index (χ4v) is 3.01. The van der Waals surface area contributed by atoms with Crippen LogP contribution in [-0.2, 0) is 11.3 Å². The summed E-state index contributed by atoms with van der Waals surface area (Å²) in [4.78, 5) is 19.1. The zero-order valence-electron chi connectivity index (χ0n) is 13.5. The summed E-state index contributed by atoms with van der Waals surface area (Å²) in [5.41, 5.74) is 7.03. The first-order chi connectivity index (χ1) is 10.7. The molecule has 1 fully saturated rings. The van der Waals surface area contributed by atoms with Gasteiger partial charge in [-0.25, -0.2) is 0 Å². The lowest BCUT2D eigenvalue weighted by atomic mass is 10.0. The van der Waals surface area contributed by atoms with Gasteiger partial charge in [-0.05, 0) is 50.9 Å². The molecule has 1 aliphatic heterocycles. The largest absolute Gasteiger partial charge is 0.332 e. The molecule has 3 N–H and O–H groups in total. The minimum atomic E-state index is -0.398. The summed E-state index contributed by atoms with van der Waals surface area (Å²) >= 11 is 0. The fourth-order valence-electron chi connectivity index (χ4n) is 3.01. The Morgan fingerprint density at radius 2 is 2.32 bits per heavy atom. The van der Waals surface area contributed by atoms with Crippen molar-refractivity contribution in [3.63, 3.8) is 0 Å². The SMILES string of the molecule is CCCC(N)C(=O)N(Cc1ccccn1)C1CCCNCC1. The standard InChI is InChI=1S/C17H28N4O/c1-2-6-16(18)17(22)21(13-14-7-3-4-11-20-14)15-8-5-10-19-12-9-15/h3-4,7,11,15-16,19H,2,5-6,8-10,12-13,18H2,1H3. The predicted octanol–water partition coefficient (Wildman–Crippen LogP) is 1.68. The van der Waals surface area contributed by atoms with Crippen LogP contribution in [0.5, 0.6) is 0 Å². The summed E-state index contributed by atoms with van der Waals surface area (Å²) in [6.07, 6.45) is 6.55. The number of pyridine rings is 1. The number of carbonyl (C=O) groups is 1. The van der Waals surface area contributed by atoms with Crippen LogP contribution in [0, 0.1) is 0 Å². The van der Waals surface area contributed by atoms with Crippen molar-refractivity contribution in [2.75, 3.05) is 13.1 Å². The number of rotatable bonds is 6. The van der Waals surface area contributed by atoms with Gasteiger partial charge in [-0.2, -0.15) is 0 Å². The molecule has 5 nitrogen and oxygen atoms in total. The van der Waals surface area contributed by atoms with Crippen LogP contribution in [0.25, 0.3) is 0 Å². The minimum absolute atomic E-state index is 0.0689. The third-order valence-electron chi connectivity index (χ3n) is 4.24. The molecule has 0 radical (unpaired) electrons. The Labute approximate surface area is 133 Å². The van der Waals surface area contributed by atoms with Gasteiger partial charge in [0.1, 0.15) is 0 Å². The lowest BCUT2D eigenvalue weighted by Gasteiger charge is -2.33. The van der Waals surface area contributed by atoms with Gasteiger partial charge >= 0.3 is 0 Å². The van der Waals surface area contributed by atoms with E-state index in [0.717, 1.165) is 50.9 Å². The van der Waals surface area contributed by atoms with Gasteiger partial charge in [-0.15, -0.1) is 0 Å². The number of hydrogen-bond donors (Lipinski definition) is 2. The molecule has 0 spiro atoms. The van der Waals surface area contributed by atoms with E-state index in [1.807, 2.05) is 23.1 Å². The van der Waals surface area contributed by atoms with Crippen molar-refractivity contribution in [1.29, 1.82) is 0 Å². The molecule has 22 heavy (non-hydrogen) atoms. The molecule has 0 aromatic carbocycles. The lowest BCUT2D eigenvalue weighted by molar-refractivity contribution is -0.136. The Kier molecular flexibility index (Phi) is 6.80. The Morgan fingerprint density at radius 1 is 1.45 bits per heavy atom. The van der Waals surface area contributed by atoms with Crippen molar-refractivity contribution in [3.8, 4) is 0 Å². The minimum Gasteiger partial charge on any atom is -0.332 e. The van der Waals surface area contributed by atoms with Gasteiger partial charge in [-0.1, -0.05) is 19.4 Å². The molecule has 1 aliphatic rings. The Balaban J connectivity index is 2.13. The van der Waals surface area contributed by atoms with Gasteiger partial charge in [0.25, 0.3) is 0 Å². The second kappa shape index (κ2) is 8.86. The van der Waals surface area contributed by atoms with E-state index in [1.54, 1.807) is 6.20 Å². The second-order valence-corrected chi connectivity index (χ2v) is 6.02. The number of nitrogens with one attached hydrogen (secondary N) is 1. The van der Waals surface area contributed by atoms with Crippen LogP contribution >= 0.6 is 0 Å². The molecule has 122 valence electrons. The molecule has 1 aromatic heterocycles. The molecule has 1 amide bonds. The van der Waals surface area contributed by atoms with E-state index in [-0.39, 0.29) is 11.9 Å². The third-order valence-corrected chi connectivity index (χ3v) is 4.24. The van der Waals surface area contributed by atoms with E-state index < -0.39 is 6.04 Å². The average Bonchev–Trinajstić information content (AvgIpc) is 2.82. The van der Waals surface area contributed by atoms with Crippen LogP contribution in [0.4, 0.5) is 0 Å². The normalized spacial score (nSPS) is 20.2. The van der Waals surface area contributed by atoms with Crippen LogP contribution in [-0.4, -0.2) is 41.0 Å². The Hall–Kier alpha value is -1.46. The quantitative estimate of drug-likeness (QED) is 0.839. The highest BCUT2D eigenvalue weighted by molar-refractivity contribution is 5.81. The predicted molar refractivity (Wildman–Crippen MR) is 88.2 cm³/mol. The molecule has 5 heteroatoms. The van der Waals surface area contributed by atoms with Crippen LogP contribution in [0.3, 0.4) is 0 Å². The van der Waals surface area contributed by atoms with E-state index in [9.17, 15) is 4.79 Å². The molecule has 0 bridgehead atoms. The van der Waals surface area contributed by atoms with E-state index in [1.165, 1.54) is 0 Å². The summed E-state index contributed by atoms with van der Waals surface area (Å²) in [6, 6.07) is 5.69. The summed E-state index contributed by atoms with van der Waals surface area (Å²) in [5, 5.41) is 3.40. The zero-order chi connectivity index (χ0) is 15.8. The van der Waals surface area contributed by atoms with Crippen molar-refractivity contribution in [2.24, 2.45) is 5.73 Å². The summed E-state index contributed by atoms with van der Waals surface area (Å²) in [6.45, 7) is 4.61. The van der Waals surface area contributed by atoms with Crippen molar-refractivity contribution in [2.45, 2.75) is 57.7 Å². The smallest absolute Gasteiger partial charge is 0.240 e. The van der Waals surface area contributed by atoms with Gasteiger partial charge in [0, 0.05) is 12.2 Å². The van der Waals surface area contributed by atoms with Crippen molar-refractivity contribution in [3.05, 3.63) is 30.1 Å². The van der Waals surface area contributed by atoms with E-state index >= 15 is 0 Å². The first kappa shape index (κ1) is 16.9. The molecule has 1 saturated heterocycles. The molecule has 0 saturated carbocycles. The maximum atomic E-state index is 12.8. The first-order valence-corrected chi connectivity index (χ1v) is 8.39. The lowest BCUT2D eigenvalue weighted by Crippen LogP contribution is -2.48. The molecule has 2 atom stereocenters. The molecule has 2 unspecified atom stereocenters. The van der Waals surface area contributed by atoms with Gasteiger partial charge in [0.15, 0.2) is 0 Å². The number of hydrogen-bond acceptors (Lipinski definition) is 4. The van der Waals surface area contributed by atoms with Crippen LogP contribution in [0.2, 0.25) is 0 Å². The van der Waals surface area contributed by atoms with E-state index in [4.69, 9.17) is 5.73 Å². The molecule has 1 aromatic rings. The average molecular weight is 304 g/mol. The summed E-state index contributed by atoms with van der Waals surface area (Å²) < 4.78 is 0. The van der Waals surface area contributed by atoms with Crippen LogP contribution in [0.1, 0.15) is 44.7 Å². The summed E-state index contributed by atoms with van der Waals surface area (Å²) in [5.74, 6) is 0.0689. The van der Waals surface area contributed by atoms with Crippen molar-refractivity contribution < 1.29 is 4.79 Å². The van der Waals surface area contributed by atoms with Gasteiger partial charge in [0.05, 0.1) is 18.3 Å². The number of carbonyl (C=O) groups excluding carboxylic acids is 1. The van der Waals surface area contributed by atoms with Gasteiger partial charge in [0.2, 0.25) is 5.91 Å². The number of amides is 1. The van der Waals surface area contributed by atoms with Crippen LogP contribution in [0.15, 0.2) is 24.4 Å². The zero-order valence-corrected chi connectivity index (χ0v) is 13.5. The molecular formula is C17H28N4O. The van der Waals surface area contributed by atoms with Gasteiger partial charge in [-0.3, -0.25) is 9.78 Å². The molecule has 2 rings (SSSR count). The fraction of sp³-hybridized carbons (Fsp3) is 0.647. The maximum absolute atomic E-state index is 12.8.